The van der Waals surface area contributed by atoms with Crippen LogP contribution in [0.2, 0.25) is 0 Å². The number of carbonyl (C=O) groups is 1. The number of urea groups is 1. The summed E-state index contributed by atoms with van der Waals surface area (Å²) >= 11 is 1.29. The zero-order valence-electron chi connectivity index (χ0n) is 13.1. The molecule has 3 N–H and O–H groups in total. The maximum atomic E-state index is 13.5. The highest BCUT2D eigenvalue weighted by Gasteiger charge is 2.20. The van der Waals surface area contributed by atoms with Crippen molar-refractivity contribution in [2.24, 2.45) is 0 Å². The van der Waals surface area contributed by atoms with Crippen LogP contribution in [0.5, 0.6) is 0 Å². The normalized spacial score (nSPS) is 15.0. The van der Waals surface area contributed by atoms with Crippen LogP contribution in [-0.2, 0) is 0 Å². The molecule has 25 heavy (non-hydrogen) atoms. The number of nitrogens with one attached hydrogen (secondary N) is 3. The van der Waals surface area contributed by atoms with Crippen LogP contribution in [0, 0.1) is 17.5 Å². The van der Waals surface area contributed by atoms with E-state index in [1.807, 2.05) is 0 Å². The van der Waals surface area contributed by atoms with Crippen molar-refractivity contribution in [2.45, 2.75) is 38.0 Å². The minimum atomic E-state index is -1.62. The second kappa shape index (κ2) is 7.68. The van der Waals surface area contributed by atoms with Crippen LogP contribution < -0.4 is 16.2 Å². The lowest BCUT2D eigenvalue weighted by atomic mass is 9.90. The molecule has 3 rings (SSSR count). The average Bonchev–Trinajstić information content (AvgIpc) is 3.08. The van der Waals surface area contributed by atoms with Crippen molar-refractivity contribution in [3.8, 4) is 0 Å². The lowest BCUT2D eigenvalue weighted by Crippen LogP contribution is -2.34. The number of aromatic nitrogens is 2. The largest absolute Gasteiger partial charge is 0.339 e. The summed E-state index contributed by atoms with van der Waals surface area (Å²) in [4.78, 5) is 11.8. The maximum Gasteiger partial charge on any atom is 0.339 e. The Morgan fingerprint density at radius 3 is 2.60 bits per heavy atom. The van der Waals surface area contributed by atoms with Gasteiger partial charge in [-0.25, -0.2) is 18.0 Å². The Hall–Kier alpha value is -2.36. The van der Waals surface area contributed by atoms with Gasteiger partial charge in [-0.3, -0.25) is 16.2 Å². The molecule has 1 aliphatic rings. The average molecular weight is 371 g/mol. The van der Waals surface area contributed by atoms with Crippen LogP contribution in [-0.4, -0.2) is 16.2 Å². The van der Waals surface area contributed by atoms with Crippen molar-refractivity contribution in [1.29, 1.82) is 0 Å². The Bertz CT molecular complexity index is 764. The van der Waals surface area contributed by atoms with Crippen LogP contribution in [0.1, 0.15) is 43.0 Å². The lowest BCUT2D eigenvalue weighted by Gasteiger charge is -2.18. The molecule has 0 unspecified atom stereocenters. The number of hydrogen-bond donors (Lipinski definition) is 3. The molecule has 1 fully saturated rings. The monoisotopic (exact) mass is 371 g/mol. The predicted molar refractivity (Wildman–Crippen MR) is 87.8 cm³/mol. The molecule has 1 aromatic heterocycles. The summed E-state index contributed by atoms with van der Waals surface area (Å²) in [5.74, 6) is -3.97. The molecule has 0 saturated heterocycles. The van der Waals surface area contributed by atoms with Gasteiger partial charge in [0.15, 0.2) is 17.5 Å². The van der Waals surface area contributed by atoms with Crippen molar-refractivity contribution in [1.82, 2.24) is 15.6 Å². The van der Waals surface area contributed by atoms with Crippen LogP contribution >= 0.6 is 11.3 Å². The second-order valence-electron chi connectivity index (χ2n) is 5.71. The van der Waals surface area contributed by atoms with Gasteiger partial charge in [0.2, 0.25) is 5.13 Å². The molecule has 0 atom stereocenters. The zero-order valence-corrected chi connectivity index (χ0v) is 13.9. The van der Waals surface area contributed by atoms with Gasteiger partial charge in [-0.05, 0) is 25.0 Å². The second-order valence-corrected chi connectivity index (χ2v) is 6.72. The third kappa shape index (κ3) is 4.19. The van der Waals surface area contributed by atoms with Crippen molar-refractivity contribution < 1.29 is 18.0 Å². The zero-order chi connectivity index (χ0) is 17.8. The van der Waals surface area contributed by atoms with Gasteiger partial charge in [0.1, 0.15) is 5.01 Å². The van der Waals surface area contributed by atoms with E-state index >= 15 is 0 Å². The summed E-state index contributed by atoms with van der Waals surface area (Å²) in [5, 5.41) is 11.7. The summed E-state index contributed by atoms with van der Waals surface area (Å²) < 4.78 is 39.4. The Kier molecular flexibility index (Phi) is 5.37. The van der Waals surface area contributed by atoms with Gasteiger partial charge in [0.05, 0.1) is 5.69 Å². The van der Waals surface area contributed by atoms with Crippen molar-refractivity contribution in [3.05, 3.63) is 34.6 Å². The van der Waals surface area contributed by atoms with Crippen molar-refractivity contribution in [2.75, 3.05) is 10.7 Å². The highest BCUT2D eigenvalue weighted by atomic mass is 32.1. The standard InChI is InChI=1S/C15H16F3N5OS/c16-9-6-7-10(12(18)11(9)17)20-22-14(24)19-15-23-21-13(25-15)8-4-2-1-3-5-8/h6-8,20H,1-5H2,(H2,19,22,23,24). The quantitative estimate of drug-likeness (QED) is 0.557. The van der Waals surface area contributed by atoms with E-state index in [4.69, 9.17) is 0 Å². The van der Waals surface area contributed by atoms with Crippen LogP contribution in [0.25, 0.3) is 0 Å². The molecule has 1 aromatic carbocycles. The van der Waals surface area contributed by atoms with E-state index in [0.717, 1.165) is 42.8 Å². The number of hydrazine groups is 1. The van der Waals surface area contributed by atoms with E-state index in [9.17, 15) is 18.0 Å². The number of anilines is 2. The topological polar surface area (TPSA) is 78.9 Å². The Morgan fingerprint density at radius 1 is 1.08 bits per heavy atom. The number of halogens is 3. The number of hydrogen-bond acceptors (Lipinski definition) is 5. The third-order valence-electron chi connectivity index (χ3n) is 3.96. The molecule has 0 bridgehead atoms. The molecule has 2 aromatic rings. The first-order valence-electron chi connectivity index (χ1n) is 7.84. The van der Waals surface area contributed by atoms with E-state index in [1.54, 1.807) is 0 Å². The fraction of sp³-hybridized carbons (Fsp3) is 0.400. The van der Waals surface area contributed by atoms with Crippen LogP contribution in [0.4, 0.5) is 28.8 Å². The van der Waals surface area contributed by atoms with Gasteiger partial charge < -0.3 is 0 Å². The minimum Gasteiger partial charge on any atom is -0.294 e. The SMILES string of the molecule is O=C(NNc1ccc(F)c(F)c1F)Nc1nnc(C2CCCCC2)s1. The van der Waals surface area contributed by atoms with Crippen LogP contribution in [0.3, 0.4) is 0 Å². The molecule has 0 radical (unpaired) electrons. The van der Waals surface area contributed by atoms with E-state index < -0.39 is 29.2 Å². The van der Waals surface area contributed by atoms with E-state index in [1.165, 1.54) is 17.8 Å². The molecule has 10 heteroatoms. The molecule has 1 saturated carbocycles. The number of carbonyl (C=O) groups excluding carboxylic acids is 1. The van der Waals surface area contributed by atoms with Gasteiger partial charge in [0, 0.05) is 5.92 Å². The van der Waals surface area contributed by atoms with Gasteiger partial charge in [0.25, 0.3) is 0 Å². The Balaban J connectivity index is 1.54. The highest BCUT2D eigenvalue weighted by Crippen LogP contribution is 2.35. The van der Waals surface area contributed by atoms with Gasteiger partial charge in [-0.15, -0.1) is 10.2 Å². The summed E-state index contributed by atoms with van der Waals surface area (Å²) in [5.41, 5.74) is 3.92. The number of rotatable bonds is 4. The first kappa shape index (κ1) is 17.5. The van der Waals surface area contributed by atoms with E-state index in [-0.39, 0.29) is 0 Å². The minimum absolute atomic E-state index is 0.311. The molecular formula is C15H16F3N5OS. The number of amides is 2. The molecular weight excluding hydrogens is 355 g/mol. The molecule has 1 heterocycles. The summed E-state index contributed by atoms with van der Waals surface area (Å²) in [6, 6.07) is 0.997. The van der Waals surface area contributed by atoms with Gasteiger partial charge >= 0.3 is 6.03 Å². The van der Waals surface area contributed by atoms with E-state index in [0.29, 0.717) is 11.0 Å². The highest BCUT2D eigenvalue weighted by molar-refractivity contribution is 7.15. The van der Waals surface area contributed by atoms with Gasteiger partial charge in [-0.2, -0.15) is 0 Å². The van der Waals surface area contributed by atoms with Crippen LogP contribution in [0.15, 0.2) is 12.1 Å². The number of benzene rings is 1. The lowest BCUT2D eigenvalue weighted by molar-refractivity contribution is 0.253. The molecule has 2 amide bonds. The van der Waals surface area contributed by atoms with E-state index in [2.05, 4.69) is 26.4 Å². The Morgan fingerprint density at radius 2 is 1.84 bits per heavy atom. The fourth-order valence-electron chi connectivity index (χ4n) is 2.67. The van der Waals surface area contributed by atoms with Crippen molar-refractivity contribution >= 4 is 28.2 Å². The molecule has 134 valence electrons. The first-order chi connectivity index (χ1) is 12.0. The molecule has 0 aliphatic heterocycles. The smallest absolute Gasteiger partial charge is 0.294 e. The Labute approximate surface area is 145 Å². The summed E-state index contributed by atoms with van der Waals surface area (Å²) in [6.45, 7) is 0. The van der Waals surface area contributed by atoms with Gasteiger partial charge in [-0.1, -0.05) is 30.6 Å². The summed E-state index contributed by atoms with van der Waals surface area (Å²) in [6.07, 6.45) is 5.69. The molecule has 1 aliphatic carbocycles. The maximum absolute atomic E-state index is 13.5. The number of nitrogens with zero attached hydrogens (tertiary/aromatic N) is 2. The molecule has 0 spiro atoms. The first-order valence-corrected chi connectivity index (χ1v) is 8.66. The molecule has 6 nitrogen and oxygen atoms in total. The summed E-state index contributed by atoms with van der Waals surface area (Å²) in [7, 11) is 0. The third-order valence-corrected chi connectivity index (χ3v) is 4.96. The van der Waals surface area contributed by atoms with Crippen molar-refractivity contribution in [3.63, 3.8) is 0 Å². The predicted octanol–water partition coefficient (Wildman–Crippen LogP) is 4.15. The fourth-order valence-corrected chi connectivity index (χ4v) is 3.58.